The largest absolute Gasteiger partial charge is 0.491 e. The van der Waals surface area contributed by atoms with Crippen LogP contribution in [0.3, 0.4) is 0 Å². The normalized spacial score (nSPS) is 22.9. The third kappa shape index (κ3) is 6.97. The summed E-state index contributed by atoms with van der Waals surface area (Å²) in [5, 5.41) is 13.6. The first-order valence-corrected chi connectivity index (χ1v) is 12.4. The molecule has 1 amide bonds. The Bertz CT molecular complexity index is 1030. The summed E-state index contributed by atoms with van der Waals surface area (Å²) in [5.74, 6) is -0.872. The lowest BCUT2D eigenvalue weighted by atomic mass is 9.81. The molecule has 2 heterocycles. The summed E-state index contributed by atoms with van der Waals surface area (Å²) in [5.41, 5.74) is 0. The van der Waals surface area contributed by atoms with Crippen LogP contribution in [0.2, 0.25) is 10.0 Å². The van der Waals surface area contributed by atoms with E-state index in [0.29, 0.717) is 12.3 Å². The van der Waals surface area contributed by atoms with Gasteiger partial charge < -0.3 is 19.9 Å². The Hall–Kier alpha value is -2.13. The van der Waals surface area contributed by atoms with Crippen molar-refractivity contribution in [2.45, 2.75) is 56.3 Å². The Morgan fingerprint density at radius 1 is 1.03 bits per heavy atom. The van der Waals surface area contributed by atoms with Crippen LogP contribution in [0.4, 0.5) is 8.78 Å². The molecule has 2 N–H and O–H groups in total. The number of amides is 1. The Balaban J connectivity index is 1.24. The molecule has 2 saturated heterocycles. The van der Waals surface area contributed by atoms with E-state index < -0.39 is 17.7 Å². The van der Waals surface area contributed by atoms with Gasteiger partial charge in [-0.3, -0.25) is 9.69 Å². The first-order valence-electron chi connectivity index (χ1n) is 11.7. The molecule has 10 heteroatoms. The van der Waals surface area contributed by atoms with Crippen molar-refractivity contribution in [3.63, 3.8) is 0 Å². The molecule has 2 bridgehead atoms. The Labute approximate surface area is 213 Å². The van der Waals surface area contributed by atoms with Crippen LogP contribution in [-0.2, 0) is 4.79 Å². The fraction of sp³-hybridized carbons (Fsp3) is 0.480. The molecule has 6 nitrogen and oxygen atoms in total. The number of hydrogen-bond acceptors (Lipinski definition) is 5. The number of hydrogen-bond donors (Lipinski definition) is 2. The molecule has 190 valence electrons. The van der Waals surface area contributed by atoms with Gasteiger partial charge in [-0.15, -0.1) is 0 Å². The molecule has 3 atom stereocenters. The SMILES string of the molecule is O=C(COc1ccc(Cl)c(F)c1)NC1CC2CCCC(C1)N2CC(O)COc1ccc(Cl)c(F)c1. The lowest BCUT2D eigenvalue weighted by molar-refractivity contribution is -0.124. The van der Waals surface area contributed by atoms with Crippen LogP contribution < -0.4 is 14.8 Å². The van der Waals surface area contributed by atoms with Crippen molar-refractivity contribution in [3.05, 3.63) is 58.1 Å². The number of aliphatic hydroxyl groups is 1. The van der Waals surface area contributed by atoms with E-state index in [0.717, 1.165) is 38.2 Å². The standard InChI is InChI=1S/C25H28Cl2F2N2O4/c26-21-6-4-19(10-23(21)28)34-13-18(32)12-31-16-2-1-3-17(31)9-15(8-16)30-25(33)14-35-20-5-7-22(27)24(29)11-20/h4-7,10-11,15-18,32H,1-3,8-9,12-14H2,(H,30,33). The van der Waals surface area contributed by atoms with Crippen LogP contribution in [0, 0.1) is 11.6 Å². The fourth-order valence-electron chi connectivity index (χ4n) is 4.93. The number of halogens is 4. The highest BCUT2D eigenvalue weighted by molar-refractivity contribution is 6.31. The van der Waals surface area contributed by atoms with E-state index in [1.807, 2.05) is 0 Å². The van der Waals surface area contributed by atoms with E-state index in [4.69, 9.17) is 32.7 Å². The molecule has 2 fully saturated rings. The minimum Gasteiger partial charge on any atom is -0.491 e. The maximum absolute atomic E-state index is 13.6. The maximum Gasteiger partial charge on any atom is 0.258 e. The average molecular weight is 529 g/mol. The second kappa shape index (κ2) is 11.7. The Morgan fingerprint density at radius 3 is 2.17 bits per heavy atom. The number of nitrogens with one attached hydrogen (secondary N) is 1. The fourth-order valence-corrected chi connectivity index (χ4v) is 5.17. The van der Waals surface area contributed by atoms with E-state index in [1.165, 1.54) is 24.3 Å². The van der Waals surface area contributed by atoms with Gasteiger partial charge in [-0.1, -0.05) is 29.6 Å². The third-order valence-electron chi connectivity index (χ3n) is 6.51. The van der Waals surface area contributed by atoms with Gasteiger partial charge in [0.05, 0.1) is 10.0 Å². The maximum atomic E-state index is 13.6. The molecule has 0 aromatic heterocycles. The Kier molecular flexibility index (Phi) is 8.70. The van der Waals surface area contributed by atoms with E-state index in [9.17, 15) is 18.7 Å². The number of benzene rings is 2. The van der Waals surface area contributed by atoms with Crippen molar-refractivity contribution >= 4 is 29.1 Å². The van der Waals surface area contributed by atoms with Gasteiger partial charge in [-0.25, -0.2) is 8.78 Å². The summed E-state index contributed by atoms with van der Waals surface area (Å²) < 4.78 is 38.1. The number of rotatable bonds is 9. The molecule has 0 spiro atoms. The molecule has 3 unspecified atom stereocenters. The Morgan fingerprint density at radius 2 is 1.60 bits per heavy atom. The van der Waals surface area contributed by atoms with Crippen LogP contribution in [0.5, 0.6) is 11.5 Å². The second-order valence-electron chi connectivity index (χ2n) is 9.08. The van der Waals surface area contributed by atoms with Crippen molar-refractivity contribution in [3.8, 4) is 11.5 Å². The van der Waals surface area contributed by atoms with Crippen LogP contribution in [0.15, 0.2) is 36.4 Å². The highest BCUT2D eigenvalue weighted by atomic mass is 35.5. The average Bonchev–Trinajstić information content (AvgIpc) is 2.81. The molecule has 0 aliphatic carbocycles. The number of ether oxygens (including phenoxy) is 2. The zero-order valence-corrected chi connectivity index (χ0v) is 20.6. The van der Waals surface area contributed by atoms with Gasteiger partial charge in [0.2, 0.25) is 0 Å². The monoisotopic (exact) mass is 528 g/mol. The summed E-state index contributed by atoms with van der Waals surface area (Å²) in [6, 6.07) is 8.71. The lowest BCUT2D eigenvalue weighted by Gasteiger charge is -2.49. The van der Waals surface area contributed by atoms with E-state index in [-0.39, 0.29) is 53.0 Å². The van der Waals surface area contributed by atoms with Crippen molar-refractivity contribution in [2.24, 2.45) is 0 Å². The molecule has 2 aliphatic heterocycles. The van der Waals surface area contributed by atoms with Crippen molar-refractivity contribution in [1.82, 2.24) is 10.2 Å². The van der Waals surface area contributed by atoms with Crippen molar-refractivity contribution in [1.29, 1.82) is 0 Å². The topological polar surface area (TPSA) is 71.0 Å². The first-order chi connectivity index (χ1) is 16.8. The highest BCUT2D eigenvalue weighted by Gasteiger charge is 2.39. The summed E-state index contributed by atoms with van der Waals surface area (Å²) in [7, 11) is 0. The van der Waals surface area contributed by atoms with Crippen LogP contribution in [0.1, 0.15) is 32.1 Å². The van der Waals surface area contributed by atoms with Crippen molar-refractivity contribution < 1.29 is 28.2 Å². The number of carbonyl (C=O) groups excluding carboxylic acids is 1. The molecular weight excluding hydrogens is 501 g/mol. The van der Waals surface area contributed by atoms with Gasteiger partial charge in [0.15, 0.2) is 6.61 Å². The number of nitrogens with zero attached hydrogens (tertiary/aromatic N) is 1. The van der Waals surface area contributed by atoms with E-state index in [2.05, 4.69) is 10.2 Å². The molecule has 35 heavy (non-hydrogen) atoms. The number of aliphatic hydroxyl groups excluding tert-OH is 1. The third-order valence-corrected chi connectivity index (χ3v) is 7.12. The predicted octanol–water partition coefficient (Wildman–Crippen LogP) is 4.59. The van der Waals surface area contributed by atoms with E-state index in [1.54, 1.807) is 6.07 Å². The second-order valence-corrected chi connectivity index (χ2v) is 9.89. The van der Waals surface area contributed by atoms with Gasteiger partial charge in [-0.05, 0) is 49.9 Å². The van der Waals surface area contributed by atoms with Gasteiger partial charge in [0, 0.05) is 36.8 Å². The van der Waals surface area contributed by atoms with E-state index >= 15 is 0 Å². The zero-order valence-electron chi connectivity index (χ0n) is 19.1. The number of carbonyl (C=O) groups is 1. The summed E-state index contributed by atoms with van der Waals surface area (Å²) >= 11 is 11.4. The molecule has 0 radical (unpaired) electrons. The first kappa shape index (κ1) is 25.9. The van der Waals surface area contributed by atoms with Crippen LogP contribution in [0.25, 0.3) is 0 Å². The minimum absolute atomic E-state index is 0.00402. The molecule has 2 aliphatic rings. The molecule has 4 rings (SSSR count). The quantitative estimate of drug-likeness (QED) is 0.498. The van der Waals surface area contributed by atoms with Gasteiger partial charge in [0.25, 0.3) is 5.91 Å². The van der Waals surface area contributed by atoms with Crippen LogP contribution >= 0.6 is 23.2 Å². The summed E-state index contributed by atoms with van der Waals surface area (Å²) in [4.78, 5) is 14.7. The number of fused-ring (bicyclic) bond motifs is 2. The van der Waals surface area contributed by atoms with Crippen LogP contribution in [-0.4, -0.2) is 59.9 Å². The van der Waals surface area contributed by atoms with Crippen molar-refractivity contribution in [2.75, 3.05) is 19.8 Å². The summed E-state index contributed by atoms with van der Waals surface area (Å²) in [6.07, 6.45) is 3.88. The molecule has 2 aromatic rings. The molecule has 2 aromatic carbocycles. The lowest BCUT2D eigenvalue weighted by Crippen LogP contribution is -2.59. The predicted molar refractivity (Wildman–Crippen MR) is 129 cm³/mol. The number of piperidine rings is 2. The van der Waals surface area contributed by atoms with Gasteiger partial charge in [0.1, 0.15) is 35.8 Å². The minimum atomic E-state index is -0.740. The van der Waals surface area contributed by atoms with Gasteiger partial charge in [-0.2, -0.15) is 0 Å². The molecule has 0 saturated carbocycles. The highest BCUT2D eigenvalue weighted by Crippen LogP contribution is 2.34. The summed E-state index contributed by atoms with van der Waals surface area (Å²) in [6.45, 7) is 0.273. The smallest absolute Gasteiger partial charge is 0.258 e. The molecular formula is C25H28Cl2F2N2O4. The van der Waals surface area contributed by atoms with Gasteiger partial charge >= 0.3 is 0 Å². The zero-order chi connectivity index (χ0) is 24.9.